The molecule has 0 radical (unpaired) electrons. The van der Waals surface area contributed by atoms with E-state index >= 15 is 0 Å². The van der Waals surface area contributed by atoms with Crippen molar-refractivity contribution in [3.8, 4) is 5.75 Å². The summed E-state index contributed by atoms with van der Waals surface area (Å²) in [5.41, 5.74) is 6.52. The number of rotatable bonds is 4. The van der Waals surface area contributed by atoms with Gasteiger partial charge in [-0.25, -0.2) is 0 Å². The van der Waals surface area contributed by atoms with Crippen LogP contribution in [0.1, 0.15) is 12.0 Å². The fourth-order valence-electron chi connectivity index (χ4n) is 1.93. The summed E-state index contributed by atoms with van der Waals surface area (Å²) in [6.07, 6.45) is 0.259. The summed E-state index contributed by atoms with van der Waals surface area (Å²) in [4.78, 5) is 13.4. The highest BCUT2D eigenvalue weighted by Crippen LogP contribution is 2.13. The minimum absolute atomic E-state index is 0.00862. The van der Waals surface area contributed by atoms with Gasteiger partial charge >= 0.3 is 0 Å². The summed E-state index contributed by atoms with van der Waals surface area (Å²) in [5, 5.41) is 9.34. The second-order valence-corrected chi connectivity index (χ2v) is 4.42. The van der Waals surface area contributed by atoms with Gasteiger partial charge in [-0.15, -0.1) is 0 Å². The molecular weight excluding hydrogens is 232 g/mol. The molecule has 1 amide bonds. The Balaban J connectivity index is 1.81. The fraction of sp³-hybridized carbons (Fsp3) is 0.462. The predicted molar refractivity (Wildman–Crippen MR) is 67.0 cm³/mol. The monoisotopic (exact) mass is 250 g/mol. The first-order chi connectivity index (χ1) is 8.69. The van der Waals surface area contributed by atoms with E-state index in [0.29, 0.717) is 31.8 Å². The summed E-state index contributed by atoms with van der Waals surface area (Å²) >= 11 is 0. The van der Waals surface area contributed by atoms with Gasteiger partial charge in [-0.05, 0) is 24.1 Å². The van der Waals surface area contributed by atoms with Gasteiger partial charge in [-0.2, -0.15) is 0 Å². The van der Waals surface area contributed by atoms with Crippen LogP contribution in [0.5, 0.6) is 5.75 Å². The zero-order valence-electron chi connectivity index (χ0n) is 10.2. The van der Waals surface area contributed by atoms with E-state index in [9.17, 15) is 9.90 Å². The Bertz CT molecular complexity index is 405. The Morgan fingerprint density at radius 1 is 1.44 bits per heavy atom. The van der Waals surface area contributed by atoms with Gasteiger partial charge < -0.3 is 20.5 Å². The van der Waals surface area contributed by atoms with Crippen molar-refractivity contribution in [1.29, 1.82) is 0 Å². The number of carbonyl (C=O) groups excluding carboxylic acids is 1. The molecule has 1 atom stereocenters. The van der Waals surface area contributed by atoms with Gasteiger partial charge in [0, 0.05) is 19.6 Å². The van der Waals surface area contributed by atoms with Crippen LogP contribution in [-0.4, -0.2) is 41.7 Å². The second kappa shape index (κ2) is 5.84. The molecule has 0 aliphatic carbocycles. The molecule has 1 heterocycles. The molecule has 1 aromatic rings. The van der Waals surface area contributed by atoms with Crippen LogP contribution < -0.4 is 10.5 Å². The Morgan fingerprint density at radius 2 is 2.17 bits per heavy atom. The molecule has 18 heavy (non-hydrogen) atoms. The normalized spacial score (nSPS) is 19.0. The molecular formula is C13H18N2O3. The highest BCUT2D eigenvalue weighted by atomic mass is 16.5. The van der Waals surface area contributed by atoms with Gasteiger partial charge in [0.15, 0.2) is 6.61 Å². The van der Waals surface area contributed by atoms with Crippen molar-refractivity contribution < 1.29 is 14.6 Å². The minimum Gasteiger partial charge on any atom is -0.484 e. The van der Waals surface area contributed by atoms with Crippen molar-refractivity contribution in [2.75, 3.05) is 19.7 Å². The second-order valence-electron chi connectivity index (χ2n) is 4.42. The molecule has 0 bridgehead atoms. The summed E-state index contributed by atoms with van der Waals surface area (Å²) < 4.78 is 5.40. The standard InChI is InChI=1S/C13H18N2O3/c14-7-10-1-3-12(4-2-10)18-9-13(17)15-6-5-11(16)8-15/h1-4,11,16H,5-9,14H2/t11-/m1/s1. The van der Waals surface area contributed by atoms with E-state index in [1.54, 1.807) is 17.0 Å². The quantitative estimate of drug-likeness (QED) is 0.795. The van der Waals surface area contributed by atoms with Crippen LogP contribution in [0, 0.1) is 0 Å². The van der Waals surface area contributed by atoms with E-state index in [1.165, 1.54) is 0 Å². The molecule has 1 aliphatic heterocycles. The molecule has 1 aliphatic rings. The zero-order chi connectivity index (χ0) is 13.0. The number of nitrogens with two attached hydrogens (primary N) is 1. The number of hydrogen-bond donors (Lipinski definition) is 2. The predicted octanol–water partition coefficient (Wildman–Crippen LogP) is 0.117. The SMILES string of the molecule is NCc1ccc(OCC(=O)N2CC[C@@H](O)C2)cc1. The number of ether oxygens (including phenoxy) is 1. The van der Waals surface area contributed by atoms with Gasteiger partial charge in [0.1, 0.15) is 5.75 Å². The van der Waals surface area contributed by atoms with Crippen molar-refractivity contribution in [2.24, 2.45) is 5.73 Å². The first kappa shape index (κ1) is 12.9. The first-order valence-electron chi connectivity index (χ1n) is 6.06. The molecule has 0 saturated carbocycles. The zero-order valence-corrected chi connectivity index (χ0v) is 10.2. The number of β-amino-alcohol motifs (C(OH)–C–C–N with tert-alkyl or cyclic N) is 1. The lowest BCUT2D eigenvalue weighted by molar-refractivity contribution is -0.132. The Morgan fingerprint density at radius 3 is 2.72 bits per heavy atom. The third kappa shape index (κ3) is 3.21. The maximum atomic E-state index is 11.8. The maximum absolute atomic E-state index is 11.8. The van der Waals surface area contributed by atoms with Gasteiger partial charge in [0.05, 0.1) is 6.10 Å². The first-order valence-corrected chi connectivity index (χ1v) is 6.06. The molecule has 1 aromatic carbocycles. The lowest BCUT2D eigenvalue weighted by Crippen LogP contribution is -2.33. The number of amides is 1. The Kier molecular flexibility index (Phi) is 4.17. The molecule has 2 rings (SSSR count). The van der Waals surface area contributed by atoms with Gasteiger partial charge in [-0.1, -0.05) is 12.1 Å². The van der Waals surface area contributed by atoms with E-state index in [1.807, 2.05) is 12.1 Å². The number of carbonyl (C=O) groups is 1. The molecule has 0 unspecified atom stereocenters. The lowest BCUT2D eigenvalue weighted by atomic mass is 10.2. The van der Waals surface area contributed by atoms with Crippen LogP contribution >= 0.6 is 0 Å². The Labute approximate surface area is 106 Å². The van der Waals surface area contributed by atoms with Crippen LogP contribution in [0.4, 0.5) is 0 Å². The summed E-state index contributed by atoms with van der Waals surface area (Å²) in [5.74, 6) is 0.565. The molecule has 0 spiro atoms. The van der Waals surface area contributed by atoms with Crippen molar-refractivity contribution in [3.63, 3.8) is 0 Å². The van der Waals surface area contributed by atoms with E-state index in [4.69, 9.17) is 10.5 Å². The van der Waals surface area contributed by atoms with E-state index < -0.39 is 6.10 Å². The van der Waals surface area contributed by atoms with Crippen molar-refractivity contribution >= 4 is 5.91 Å². The maximum Gasteiger partial charge on any atom is 0.260 e. The van der Waals surface area contributed by atoms with Crippen LogP contribution in [0.3, 0.4) is 0 Å². The lowest BCUT2D eigenvalue weighted by Gasteiger charge is -2.15. The van der Waals surface area contributed by atoms with Crippen LogP contribution in [0.25, 0.3) is 0 Å². The van der Waals surface area contributed by atoms with Crippen molar-refractivity contribution in [1.82, 2.24) is 4.90 Å². The molecule has 3 N–H and O–H groups in total. The van der Waals surface area contributed by atoms with E-state index in [0.717, 1.165) is 5.56 Å². The third-order valence-electron chi connectivity index (χ3n) is 3.04. The van der Waals surface area contributed by atoms with Gasteiger partial charge in [-0.3, -0.25) is 4.79 Å². The molecule has 1 fully saturated rings. The molecule has 5 nitrogen and oxygen atoms in total. The number of hydrogen-bond acceptors (Lipinski definition) is 4. The fourth-order valence-corrected chi connectivity index (χ4v) is 1.93. The molecule has 5 heteroatoms. The average Bonchev–Trinajstić information content (AvgIpc) is 2.83. The van der Waals surface area contributed by atoms with Crippen LogP contribution in [0.15, 0.2) is 24.3 Å². The largest absolute Gasteiger partial charge is 0.484 e. The number of aliphatic hydroxyl groups excluding tert-OH is 1. The summed E-state index contributed by atoms with van der Waals surface area (Å²) in [6, 6.07) is 7.35. The molecule has 98 valence electrons. The van der Waals surface area contributed by atoms with Crippen LogP contribution in [0.2, 0.25) is 0 Å². The average molecular weight is 250 g/mol. The molecule has 0 aromatic heterocycles. The van der Waals surface area contributed by atoms with E-state index in [2.05, 4.69) is 0 Å². The number of aliphatic hydroxyl groups is 1. The van der Waals surface area contributed by atoms with Gasteiger partial charge in [0.2, 0.25) is 0 Å². The third-order valence-corrected chi connectivity index (χ3v) is 3.04. The highest BCUT2D eigenvalue weighted by molar-refractivity contribution is 5.78. The Hall–Kier alpha value is -1.59. The number of likely N-dealkylation sites (tertiary alicyclic amines) is 1. The number of nitrogens with zero attached hydrogens (tertiary/aromatic N) is 1. The van der Waals surface area contributed by atoms with Crippen molar-refractivity contribution in [2.45, 2.75) is 19.1 Å². The van der Waals surface area contributed by atoms with Crippen molar-refractivity contribution in [3.05, 3.63) is 29.8 Å². The van der Waals surface area contributed by atoms with Crippen LogP contribution in [-0.2, 0) is 11.3 Å². The smallest absolute Gasteiger partial charge is 0.260 e. The topological polar surface area (TPSA) is 75.8 Å². The highest BCUT2D eigenvalue weighted by Gasteiger charge is 2.24. The molecule has 1 saturated heterocycles. The number of benzene rings is 1. The van der Waals surface area contributed by atoms with E-state index in [-0.39, 0.29) is 12.5 Å². The summed E-state index contributed by atoms with van der Waals surface area (Å²) in [6.45, 7) is 1.52. The summed E-state index contributed by atoms with van der Waals surface area (Å²) in [7, 11) is 0. The minimum atomic E-state index is -0.391. The van der Waals surface area contributed by atoms with Gasteiger partial charge in [0.25, 0.3) is 5.91 Å².